The maximum atomic E-state index is 12.2. The second-order valence-corrected chi connectivity index (χ2v) is 9.15. The van der Waals surface area contributed by atoms with Gasteiger partial charge in [0.2, 0.25) is 5.91 Å². The summed E-state index contributed by atoms with van der Waals surface area (Å²) in [6.07, 6.45) is 4.53. The number of likely N-dealkylation sites (tertiary alicyclic amines) is 1. The molecule has 0 spiro atoms. The number of hydrogen-bond donors (Lipinski definition) is 2. The van der Waals surface area contributed by atoms with Crippen molar-refractivity contribution < 1.29 is 4.79 Å². The smallest absolute Gasteiger partial charge is 0.219 e. The summed E-state index contributed by atoms with van der Waals surface area (Å²) in [5.41, 5.74) is 7.15. The van der Waals surface area contributed by atoms with Gasteiger partial charge in [-0.3, -0.25) is 14.7 Å². The molecular formula is C26H34N4O. The third-order valence-electron chi connectivity index (χ3n) is 6.52. The summed E-state index contributed by atoms with van der Waals surface area (Å²) in [6, 6.07) is 11.3. The molecule has 1 fully saturated rings. The summed E-state index contributed by atoms with van der Waals surface area (Å²) in [6.45, 7) is 9.50. The highest BCUT2D eigenvalue weighted by Gasteiger charge is 2.32. The van der Waals surface area contributed by atoms with Gasteiger partial charge in [-0.05, 0) is 74.7 Å². The molecule has 2 atom stereocenters. The predicted molar refractivity (Wildman–Crippen MR) is 127 cm³/mol. The first kappa shape index (κ1) is 21.6. The second kappa shape index (κ2) is 8.83. The molecule has 2 unspecified atom stereocenters. The van der Waals surface area contributed by atoms with Crippen molar-refractivity contribution in [3.63, 3.8) is 0 Å². The summed E-state index contributed by atoms with van der Waals surface area (Å²) < 4.78 is 0. The van der Waals surface area contributed by atoms with E-state index in [1.807, 2.05) is 20.0 Å². The highest BCUT2D eigenvalue weighted by atomic mass is 16.1. The van der Waals surface area contributed by atoms with Crippen LogP contribution in [0.1, 0.15) is 68.8 Å². The van der Waals surface area contributed by atoms with E-state index in [0.717, 1.165) is 30.6 Å². The van der Waals surface area contributed by atoms with Crippen molar-refractivity contribution in [3.05, 3.63) is 53.3 Å². The van der Waals surface area contributed by atoms with Crippen LogP contribution in [0.2, 0.25) is 0 Å². The van der Waals surface area contributed by atoms with Gasteiger partial charge in [-0.15, -0.1) is 0 Å². The molecule has 2 aromatic heterocycles. The van der Waals surface area contributed by atoms with Crippen LogP contribution in [-0.2, 0) is 4.79 Å². The molecule has 0 saturated carbocycles. The SMILES string of the molecule is CCC(=O)NC1CCCN(C)C1c1ccc2[nH]c(-c3ccnc(C)c3)c(C(C)C)c2c1. The number of aromatic nitrogens is 2. The van der Waals surface area contributed by atoms with E-state index < -0.39 is 0 Å². The topological polar surface area (TPSA) is 61.0 Å². The Morgan fingerprint density at radius 3 is 2.81 bits per heavy atom. The third kappa shape index (κ3) is 4.24. The zero-order valence-electron chi connectivity index (χ0n) is 19.3. The van der Waals surface area contributed by atoms with Crippen molar-refractivity contribution in [3.8, 4) is 11.3 Å². The molecular weight excluding hydrogens is 384 g/mol. The molecule has 2 N–H and O–H groups in total. The lowest BCUT2D eigenvalue weighted by Crippen LogP contribution is -2.48. The number of amides is 1. The summed E-state index contributed by atoms with van der Waals surface area (Å²) >= 11 is 0. The second-order valence-electron chi connectivity index (χ2n) is 9.15. The highest BCUT2D eigenvalue weighted by Crippen LogP contribution is 2.38. The zero-order chi connectivity index (χ0) is 22.1. The standard InChI is InChI=1S/C26H34N4O/c1-6-23(31)28-22-8-7-13-30(5)26(22)19-9-10-21-20(15-19)24(16(2)3)25(29-21)18-11-12-27-17(4)14-18/h9-12,14-16,22,26,29H,6-8,13H2,1-5H3,(H,28,31). The molecule has 31 heavy (non-hydrogen) atoms. The molecule has 5 heteroatoms. The molecule has 3 aromatic rings. The minimum absolute atomic E-state index is 0.131. The summed E-state index contributed by atoms with van der Waals surface area (Å²) in [5.74, 6) is 0.512. The predicted octanol–water partition coefficient (Wildman–Crippen LogP) is 5.32. The number of carbonyl (C=O) groups is 1. The van der Waals surface area contributed by atoms with Gasteiger partial charge in [0.05, 0.1) is 11.7 Å². The van der Waals surface area contributed by atoms with Gasteiger partial charge in [0.25, 0.3) is 0 Å². The van der Waals surface area contributed by atoms with Crippen LogP contribution in [0.3, 0.4) is 0 Å². The molecule has 1 aliphatic rings. The number of carbonyl (C=O) groups excluding carboxylic acids is 1. The zero-order valence-corrected chi connectivity index (χ0v) is 19.3. The number of nitrogens with zero attached hydrogens (tertiary/aromatic N) is 2. The van der Waals surface area contributed by atoms with Crippen LogP contribution in [0.15, 0.2) is 36.5 Å². The fourth-order valence-corrected chi connectivity index (χ4v) is 5.05. The lowest BCUT2D eigenvalue weighted by molar-refractivity contribution is -0.122. The largest absolute Gasteiger partial charge is 0.354 e. The molecule has 1 amide bonds. The Balaban J connectivity index is 1.81. The summed E-state index contributed by atoms with van der Waals surface area (Å²) in [7, 11) is 2.17. The molecule has 4 rings (SSSR count). The molecule has 0 aliphatic carbocycles. The van der Waals surface area contributed by atoms with Crippen molar-refractivity contribution in [2.24, 2.45) is 0 Å². The van der Waals surface area contributed by atoms with Crippen LogP contribution < -0.4 is 5.32 Å². The van der Waals surface area contributed by atoms with E-state index in [1.165, 1.54) is 27.8 Å². The lowest BCUT2D eigenvalue weighted by atomic mass is 9.88. The van der Waals surface area contributed by atoms with E-state index in [4.69, 9.17) is 0 Å². The van der Waals surface area contributed by atoms with Gasteiger partial charge >= 0.3 is 0 Å². The van der Waals surface area contributed by atoms with Crippen molar-refractivity contribution in [2.45, 2.75) is 65.0 Å². The molecule has 5 nitrogen and oxygen atoms in total. The molecule has 164 valence electrons. The Hall–Kier alpha value is -2.66. The number of likely N-dealkylation sites (N-methyl/N-ethyl adjacent to an activating group) is 1. The quantitative estimate of drug-likeness (QED) is 0.589. The first-order valence-corrected chi connectivity index (χ1v) is 11.5. The van der Waals surface area contributed by atoms with E-state index in [1.54, 1.807) is 0 Å². The third-order valence-corrected chi connectivity index (χ3v) is 6.52. The molecule has 1 aliphatic heterocycles. The van der Waals surface area contributed by atoms with Crippen LogP contribution in [-0.4, -0.2) is 40.4 Å². The van der Waals surface area contributed by atoms with Crippen LogP contribution in [0.4, 0.5) is 0 Å². The Bertz CT molecular complexity index is 1080. The number of piperidine rings is 1. The fourth-order valence-electron chi connectivity index (χ4n) is 5.05. The Morgan fingerprint density at radius 1 is 1.29 bits per heavy atom. The summed E-state index contributed by atoms with van der Waals surface area (Å²) in [4.78, 5) is 22.6. The van der Waals surface area contributed by atoms with E-state index >= 15 is 0 Å². The monoisotopic (exact) mass is 418 g/mol. The fraction of sp³-hybridized carbons (Fsp3) is 0.462. The number of fused-ring (bicyclic) bond motifs is 1. The minimum atomic E-state index is 0.131. The molecule has 3 heterocycles. The molecule has 1 aromatic carbocycles. The van der Waals surface area contributed by atoms with Crippen molar-refractivity contribution in [1.29, 1.82) is 0 Å². The van der Waals surface area contributed by atoms with Gasteiger partial charge in [0, 0.05) is 40.8 Å². The van der Waals surface area contributed by atoms with E-state index in [-0.39, 0.29) is 18.0 Å². The van der Waals surface area contributed by atoms with Crippen molar-refractivity contribution >= 4 is 16.8 Å². The van der Waals surface area contributed by atoms with E-state index in [9.17, 15) is 4.79 Å². The van der Waals surface area contributed by atoms with Crippen LogP contribution in [0, 0.1) is 6.92 Å². The van der Waals surface area contributed by atoms with Gasteiger partial charge in [0.1, 0.15) is 0 Å². The first-order chi connectivity index (χ1) is 14.9. The normalized spacial score (nSPS) is 19.8. The average Bonchev–Trinajstić information content (AvgIpc) is 3.13. The maximum Gasteiger partial charge on any atom is 0.219 e. The number of rotatable bonds is 5. The van der Waals surface area contributed by atoms with Gasteiger partial charge in [-0.25, -0.2) is 0 Å². The van der Waals surface area contributed by atoms with Gasteiger partial charge in [-0.1, -0.05) is 26.8 Å². The average molecular weight is 419 g/mol. The van der Waals surface area contributed by atoms with Gasteiger partial charge in [0.15, 0.2) is 0 Å². The lowest BCUT2D eigenvalue weighted by Gasteiger charge is -2.40. The van der Waals surface area contributed by atoms with Crippen molar-refractivity contribution in [2.75, 3.05) is 13.6 Å². The van der Waals surface area contributed by atoms with Crippen LogP contribution in [0.5, 0.6) is 0 Å². The highest BCUT2D eigenvalue weighted by molar-refractivity contribution is 5.92. The Morgan fingerprint density at radius 2 is 2.10 bits per heavy atom. The van der Waals surface area contributed by atoms with Crippen molar-refractivity contribution in [1.82, 2.24) is 20.2 Å². The van der Waals surface area contributed by atoms with Crippen LogP contribution in [0.25, 0.3) is 22.2 Å². The van der Waals surface area contributed by atoms with E-state index in [0.29, 0.717) is 12.3 Å². The van der Waals surface area contributed by atoms with E-state index in [2.05, 4.69) is 71.4 Å². The number of aromatic amines is 1. The number of nitrogens with one attached hydrogen (secondary N) is 2. The number of pyridine rings is 1. The Kier molecular flexibility index (Phi) is 6.15. The molecule has 1 saturated heterocycles. The van der Waals surface area contributed by atoms with Gasteiger partial charge < -0.3 is 10.3 Å². The van der Waals surface area contributed by atoms with Gasteiger partial charge in [-0.2, -0.15) is 0 Å². The maximum absolute atomic E-state index is 12.2. The molecule has 0 radical (unpaired) electrons. The number of hydrogen-bond acceptors (Lipinski definition) is 3. The Labute approximate surface area is 185 Å². The number of H-pyrrole nitrogens is 1. The minimum Gasteiger partial charge on any atom is -0.354 e. The number of aryl methyl sites for hydroxylation is 1. The number of benzene rings is 1. The first-order valence-electron chi connectivity index (χ1n) is 11.5. The van der Waals surface area contributed by atoms with Crippen LogP contribution >= 0.6 is 0 Å². The molecule has 0 bridgehead atoms. The summed E-state index contributed by atoms with van der Waals surface area (Å²) in [5, 5.41) is 4.55.